The fourth-order valence-electron chi connectivity index (χ4n) is 6.02. The van der Waals surface area contributed by atoms with Crippen molar-refractivity contribution in [3.8, 4) is 0 Å². The number of likely N-dealkylation sites (tertiary alicyclic amines) is 1. The van der Waals surface area contributed by atoms with E-state index in [1.165, 1.54) is 6.42 Å². The van der Waals surface area contributed by atoms with Crippen LogP contribution in [0.5, 0.6) is 0 Å². The Balaban J connectivity index is 1.22. The number of rotatable bonds is 6. The molecule has 1 aromatic heterocycles. The number of hydrogen-bond donors (Lipinski definition) is 1. The Morgan fingerprint density at radius 3 is 2.49 bits per heavy atom. The minimum Gasteiger partial charge on any atom is -0.354 e. The molecule has 3 fully saturated rings. The highest BCUT2D eigenvalue weighted by Gasteiger charge is 2.47. The van der Waals surface area contributed by atoms with Crippen LogP contribution in [0.15, 0.2) is 48.7 Å². The maximum atomic E-state index is 13.4. The van der Waals surface area contributed by atoms with Gasteiger partial charge in [-0.2, -0.15) is 0 Å². The number of anilines is 1. The SMILES string of the molecule is CCN1CCN(c2ccc(CNC(=O)C3CC4CCCCC4N3C(=O)c3ccccc3)cn2)CC1. The monoisotopic (exact) mass is 475 g/mol. The number of pyridine rings is 1. The average Bonchev–Trinajstić information content (AvgIpc) is 3.32. The lowest BCUT2D eigenvalue weighted by atomic mass is 9.84. The summed E-state index contributed by atoms with van der Waals surface area (Å²) >= 11 is 0. The number of amides is 2. The van der Waals surface area contributed by atoms with Gasteiger partial charge in [0.1, 0.15) is 11.9 Å². The molecule has 1 N–H and O–H groups in total. The van der Waals surface area contributed by atoms with Crippen molar-refractivity contribution in [2.75, 3.05) is 37.6 Å². The summed E-state index contributed by atoms with van der Waals surface area (Å²) in [5.74, 6) is 1.34. The third-order valence-corrected chi connectivity index (χ3v) is 8.07. The van der Waals surface area contributed by atoms with Gasteiger partial charge in [-0.15, -0.1) is 0 Å². The molecule has 35 heavy (non-hydrogen) atoms. The van der Waals surface area contributed by atoms with E-state index in [2.05, 4.69) is 39.2 Å². The Bertz CT molecular complexity index is 1000. The van der Waals surface area contributed by atoms with Crippen molar-refractivity contribution in [1.29, 1.82) is 0 Å². The van der Waals surface area contributed by atoms with E-state index >= 15 is 0 Å². The maximum absolute atomic E-state index is 13.4. The smallest absolute Gasteiger partial charge is 0.254 e. The maximum Gasteiger partial charge on any atom is 0.254 e. The van der Waals surface area contributed by atoms with Crippen molar-refractivity contribution in [2.45, 2.75) is 57.7 Å². The zero-order valence-electron chi connectivity index (χ0n) is 20.7. The molecule has 2 aromatic rings. The largest absolute Gasteiger partial charge is 0.354 e. The minimum absolute atomic E-state index is 0.0191. The Hall–Kier alpha value is -2.93. The van der Waals surface area contributed by atoms with E-state index in [1.54, 1.807) is 0 Å². The number of piperazine rings is 1. The topological polar surface area (TPSA) is 68.8 Å². The molecule has 1 aliphatic carbocycles. The second-order valence-electron chi connectivity index (χ2n) is 10.1. The molecule has 3 heterocycles. The quantitative estimate of drug-likeness (QED) is 0.694. The molecular formula is C28H37N5O2. The van der Waals surface area contributed by atoms with Gasteiger partial charge in [0.05, 0.1) is 0 Å². The van der Waals surface area contributed by atoms with Gasteiger partial charge in [-0.3, -0.25) is 9.59 Å². The number of nitrogens with zero attached hydrogens (tertiary/aromatic N) is 4. The second-order valence-corrected chi connectivity index (χ2v) is 10.1. The summed E-state index contributed by atoms with van der Waals surface area (Å²) in [6.45, 7) is 7.84. The number of hydrogen-bond acceptors (Lipinski definition) is 5. The van der Waals surface area contributed by atoms with Crippen molar-refractivity contribution in [1.82, 2.24) is 20.1 Å². The van der Waals surface area contributed by atoms with Gasteiger partial charge in [-0.05, 0) is 55.5 Å². The van der Waals surface area contributed by atoms with E-state index < -0.39 is 6.04 Å². The Morgan fingerprint density at radius 2 is 1.77 bits per heavy atom. The summed E-state index contributed by atoms with van der Waals surface area (Å²) in [4.78, 5) is 38.1. The molecule has 3 atom stereocenters. The lowest BCUT2D eigenvalue weighted by Gasteiger charge is -2.34. The summed E-state index contributed by atoms with van der Waals surface area (Å²) < 4.78 is 0. The van der Waals surface area contributed by atoms with Gasteiger partial charge in [0.2, 0.25) is 5.91 Å². The molecule has 2 amide bonds. The van der Waals surface area contributed by atoms with Crippen LogP contribution >= 0.6 is 0 Å². The molecule has 7 nitrogen and oxygen atoms in total. The van der Waals surface area contributed by atoms with Crippen molar-refractivity contribution < 1.29 is 9.59 Å². The fraction of sp³-hybridized carbons (Fsp3) is 0.536. The van der Waals surface area contributed by atoms with E-state index in [0.717, 1.165) is 69.8 Å². The van der Waals surface area contributed by atoms with Crippen LogP contribution in [0.3, 0.4) is 0 Å². The third kappa shape index (κ3) is 5.20. The highest BCUT2D eigenvalue weighted by molar-refractivity contribution is 5.98. The number of benzene rings is 1. The van der Waals surface area contributed by atoms with Gasteiger partial charge < -0.3 is 20.0 Å². The van der Waals surface area contributed by atoms with E-state index in [-0.39, 0.29) is 17.9 Å². The van der Waals surface area contributed by atoms with Crippen LogP contribution in [0, 0.1) is 5.92 Å². The van der Waals surface area contributed by atoms with E-state index in [9.17, 15) is 9.59 Å². The molecule has 0 spiro atoms. The summed E-state index contributed by atoms with van der Waals surface area (Å²) in [5.41, 5.74) is 1.64. The molecule has 2 saturated heterocycles. The zero-order chi connectivity index (χ0) is 24.2. The first-order valence-corrected chi connectivity index (χ1v) is 13.2. The lowest BCUT2D eigenvalue weighted by Crippen LogP contribution is -2.49. The van der Waals surface area contributed by atoms with Gasteiger partial charge in [0, 0.05) is 50.5 Å². The van der Waals surface area contributed by atoms with Gasteiger partial charge >= 0.3 is 0 Å². The molecular weight excluding hydrogens is 438 g/mol. The third-order valence-electron chi connectivity index (χ3n) is 8.07. The van der Waals surface area contributed by atoms with Crippen molar-refractivity contribution in [3.05, 3.63) is 59.8 Å². The summed E-state index contributed by atoms with van der Waals surface area (Å²) in [6, 6.07) is 13.3. The Labute approximate surface area is 208 Å². The van der Waals surface area contributed by atoms with Gasteiger partial charge in [-0.1, -0.05) is 44.0 Å². The number of carbonyl (C=O) groups excluding carboxylic acids is 2. The number of fused-ring (bicyclic) bond motifs is 1. The van der Waals surface area contributed by atoms with Crippen LogP contribution in [0.4, 0.5) is 5.82 Å². The van der Waals surface area contributed by atoms with Crippen LogP contribution < -0.4 is 10.2 Å². The van der Waals surface area contributed by atoms with Crippen molar-refractivity contribution in [2.24, 2.45) is 5.92 Å². The summed E-state index contributed by atoms with van der Waals surface area (Å²) in [5, 5.41) is 3.11. The number of aromatic nitrogens is 1. The van der Waals surface area contributed by atoms with Crippen LogP contribution in [-0.4, -0.2) is 71.4 Å². The van der Waals surface area contributed by atoms with Gasteiger partial charge in [0.15, 0.2) is 0 Å². The predicted octanol–water partition coefficient (Wildman–Crippen LogP) is 3.31. The molecule has 2 aliphatic heterocycles. The summed E-state index contributed by atoms with van der Waals surface area (Å²) in [6.07, 6.45) is 7.03. The minimum atomic E-state index is -0.405. The average molecular weight is 476 g/mol. The normalized spacial score (nSPS) is 24.8. The summed E-state index contributed by atoms with van der Waals surface area (Å²) in [7, 11) is 0. The van der Waals surface area contributed by atoms with E-state index in [0.29, 0.717) is 18.0 Å². The van der Waals surface area contributed by atoms with Crippen LogP contribution in [-0.2, 0) is 11.3 Å². The van der Waals surface area contributed by atoms with Crippen LogP contribution in [0.2, 0.25) is 0 Å². The van der Waals surface area contributed by atoms with Gasteiger partial charge in [-0.25, -0.2) is 4.98 Å². The van der Waals surface area contributed by atoms with Gasteiger partial charge in [0.25, 0.3) is 5.91 Å². The first kappa shape index (κ1) is 23.8. The molecule has 5 rings (SSSR count). The first-order chi connectivity index (χ1) is 17.1. The molecule has 186 valence electrons. The molecule has 0 radical (unpaired) electrons. The predicted molar refractivity (Wildman–Crippen MR) is 137 cm³/mol. The molecule has 1 aromatic carbocycles. The van der Waals surface area contributed by atoms with E-state index in [1.807, 2.05) is 41.4 Å². The van der Waals surface area contributed by atoms with Crippen molar-refractivity contribution >= 4 is 17.6 Å². The molecule has 0 bridgehead atoms. The first-order valence-electron chi connectivity index (χ1n) is 13.2. The fourth-order valence-corrected chi connectivity index (χ4v) is 6.02. The Kier molecular flexibility index (Phi) is 7.32. The number of carbonyl (C=O) groups is 2. The second kappa shape index (κ2) is 10.8. The molecule has 3 unspecified atom stereocenters. The van der Waals surface area contributed by atoms with Crippen LogP contribution in [0.25, 0.3) is 0 Å². The van der Waals surface area contributed by atoms with Crippen LogP contribution in [0.1, 0.15) is 54.9 Å². The van der Waals surface area contributed by atoms with Crippen molar-refractivity contribution in [3.63, 3.8) is 0 Å². The Morgan fingerprint density at radius 1 is 1.00 bits per heavy atom. The molecule has 3 aliphatic rings. The zero-order valence-corrected chi connectivity index (χ0v) is 20.7. The van der Waals surface area contributed by atoms with E-state index in [4.69, 9.17) is 0 Å². The highest BCUT2D eigenvalue weighted by Crippen LogP contribution is 2.40. The standard InChI is InChI=1S/C28H37N5O2/c1-2-31-14-16-32(17-15-31)26-13-12-21(19-29-26)20-30-27(34)25-18-23-10-6-7-11-24(23)33(25)28(35)22-8-4-3-5-9-22/h3-5,8-9,12-13,19,23-25H,2,6-7,10-11,14-18,20H2,1H3,(H,30,34). The highest BCUT2D eigenvalue weighted by atomic mass is 16.2. The molecule has 1 saturated carbocycles. The lowest BCUT2D eigenvalue weighted by molar-refractivity contribution is -0.125. The molecule has 7 heteroatoms. The number of likely N-dealkylation sites (N-methyl/N-ethyl adjacent to an activating group) is 1. The number of nitrogens with one attached hydrogen (secondary N) is 1.